The molecule has 10 heteroatoms. The highest BCUT2D eigenvalue weighted by molar-refractivity contribution is 7.09. The molecule has 0 bridgehead atoms. The second-order valence-electron chi connectivity index (χ2n) is 10.9. The molecule has 1 amide bonds. The number of carboxylic acid groups (broad SMARTS) is 1. The van der Waals surface area contributed by atoms with Gasteiger partial charge in [-0.25, -0.2) is 9.78 Å². The summed E-state index contributed by atoms with van der Waals surface area (Å²) in [7, 11) is 3.45. The Kier molecular flexibility index (Phi) is 7.18. The van der Waals surface area contributed by atoms with Gasteiger partial charge in [-0.3, -0.25) is 19.3 Å². The summed E-state index contributed by atoms with van der Waals surface area (Å²) >= 11 is 1.40. The van der Waals surface area contributed by atoms with E-state index in [1.54, 1.807) is 48.6 Å². The van der Waals surface area contributed by atoms with E-state index in [1.165, 1.54) is 16.2 Å². The van der Waals surface area contributed by atoms with Crippen molar-refractivity contribution < 1.29 is 19.4 Å². The molecule has 3 unspecified atom stereocenters. The van der Waals surface area contributed by atoms with Gasteiger partial charge in [-0.2, -0.15) is 5.10 Å². The summed E-state index contributed by atoms with van der Waals surface area (Å²) in [4.78, 5) is 35.8. The standard InChI is InChI=1S/C27H35N5O4S/c1-17(2)21-27(25(34)35,16-31-13-8-11-29-31)32(23(30(21)6)22-28-12-14-37-22)24(33)18-9-10-19(26(3,4)5)20(15-18)36-7/h8-15,17,21,23H,16H2,1-7H3,(H,34,35). The fraction of sp³-hybridized carbons (Fsp3) is 0.481. The maximum atomic E-state index is 14.5. The number of methoxy groups -OCH3 is 1. The van der Waals surface area contributed by atoms with Crippen molar-refractivity contribution in [2.75, 3.05) is 14.2 Å². The van der Waals surface area contributed by atoms with Gasteiger partial charge in [0, 0.05) is 29.5 Å². The van der Waals surface area contributed by atoms with Crippen LogP contribution in [0.1, 0.15) is 61.7 Å². The van der Waals surface area contributed by atoms with Gasteiger partial charge in [-0.05, 0) is 42.1 Å². The molecule has 1 saturated heterocycles. The van der Waals surface area contributed by atoms with E-state index in [0.717, 1.165) is 5.56 Å². The molecule has 0 spiro atoms. The van der Waals surface area contributed by atoms with E-state index in [4.69, 9.17) is 4.74 Å². The molecule has 1 aliphatic rings. The summed E-state index contributed by atoms with van der Waals surface area (Å²) in [5.41, 5.74) is -0.492. The van der Waals surface area contributed by atoms with E-state index < -0.39 is 29.6 Å². The van der Waals surface area contributed by atoms with E-state index in [2.05, 4.69) is 30.9 Å². The van der Waals surface area contributed by atoms with Crippen LogP contribution in [0.4, 0.5) is 0 Å². The number of likely N-dealkylation sites (N-methyl/N-ethyl adjacent to an activating group) is 1. The quantitative estimate of drug-likeness (QED) is 0.491. The van der Waals surface area contributed by atoms with Gasteiger partial charge in [0.25, 0.3) is 5.91 Å². The third kappa shape index (κ3) is 4.53. The number of nitrogens with zero attached hydrogens (tertiary/aromatic N) is 5. The zero-order chi connectivity index (χ0) is 27.1. The molecule has 198 valence electrons. The first-order valence-corrected chi connectivity index (χ1v) is 13.2. The van der Waals surface area contributed by atoms with Crippen LogP contribution >= 0.6 is 11.3 Å². The fourth-order valence-corrected chi connectivity index (χ4v) is 6.46. The predicted molar refractivity (Wildman–Crippen MR) is 142 cm³/mol. The first-order chi connectivity index (χ1) is 17.4. The van der Waals surface area contributed by atoms with Gasteiger partial charge in [0.1, 0.15) is 16.9 Å². The van der Waals surface area contributed by atoms with Crippen LogP contribution in [0.25, 0.3) is 0 Å². The molecule has 4 rings (SSSR count). The van der Waals surface area contributed by atoms with Gasteiger partial charge >= 0.3 is 5.97 Å². The molecule has 1 N–H and O–H groups in total. The largest absolute Gasteiger partial charge is 0.496 e. The van der Waals surface area contributed by atoms with Crippen molar-refractivity contribution in [1.82, 2.24) is 24.6 Å². The molecule has 1 fully saturated rings. The summed E-state index contributed by atoms with van der Waals surface area (Å²) < 4.78 is 7.26. The first kappa shape index (κ1) is 26.8. The van der Waals surface area contributed by atoms with Crippen LogP contribution in [-0.2, 0) is 16.8 Å². The van der Waals surface area contributed by atoms with E-state index in [-0.39, 0.29) is 17.9 Å². The normalized spacial score (nSPS) is 22.5. The lowest BCUT2D eigenvalue weighted by atomic mass is 9.82. The number of carbonyl (C=O) groups excluding carboxylic acids is 1. The Morgan fingerprint density at radius 3 is 2.49 bits per heavy atom. The average Bonchev–Trinajstić information content (AvgIpc) is 3.58. The minimum atomic E-state index is -1.61. The van der Waals surface area contributed by atoms with Crippen LogP contribution in [0.15, 0.2) is 48.2 Å². The Balaban J connectivity index is 1.95. The number of carbonyl (C=O) groups is 2. The van der Waals surface area contributed by atoms with Crippen molar-refractivity contribution in [3.05, 3.63) is 64.4 Å². The first-order valence-electron chi connectivity index (χ1n) is 12.3. The van der Waals surface area contributed by atoms with Gasteiger partial charge in [-0.15, -0.1) is 11.3 Å². The number of hydrogen-bond acceptors (Lipinski definition) is 7. The molecule has 0 aliphatic carbocycles. The number of aromatic nitrogens is 3. The van der Waals surface area contributed by atoms with Crippen LogP contribution in [0.3, 0.4) is 0 Å². The molecule has 9 nitrogen and oxygen atoms in total. The molecular formula is C27H35N5O4S. The second kappa shape index (κ2) is 9.90. The zero-order valence-electron chi connectivity index (χ0n) is 22.4. The average molecular weight is 526 g/mol. The van der Waals surface area contributed by atoms with Crippen LogP contribution in [0.5, 0.6) is 5.75 Å². The highest BCUT2D eigenvalue weighted by atomic mass is 32.1. The van der Waals surface area contributed by atoms with Gasteiger partial charge < -0.3 is 9.84 Å². The van der Waals surface area contributed by atoms with Crippen molar-refractivity contribution in [3.63, 3.8) is 0 Å². The molecule has 3 heterocycles. The van der Waals surface area contributed by atoms with Gasteiger partial charge in [0.05, 0.1) is 19.7 Å². The topological polar surface area (TPSA) is 101 Å². The Bertz CT molecular complexity index is 1250. The molecule has 0 saturated carbocycles. The van der Waals surface area contributed by atoms with E-state index in [0.29, 0.717) is 16.3 Å². The van der Waals surface area contributed by atoms with Crippen molar-refractivity contribution in [2.24, 2.45) is 5.92 Å². The third-order valence-corrected chi connectivity index (χ3v) is 7.92. The van der Waals surface area contributed by atoms with Crippen LogP contribution in [-0.4, -0.2) is 67.3 Å². The SMILES string of the molecule is COc1cc(C(=O)N2C(c3nccs3)N(C)C(C(C)C)C2(Cn2cccn2)C(=O)O)ccc1C(C)(C)C. The molecule has 3 atom stereocenters. The van der Waals surface area contributed by atoms with Crippen molar-refractivity contribution in [2.45, 2.75) is 64.3 Å². The maximum absolute atomic E-state index is 14.5. The van der Waals surface area contributed by atoms with E-state index >= 15 is 0 Å². The minimum absolute atomic E-state index is 0.00660. The van der Waals surface area contributed by atoms with Gasteiger partial charge in [-0.1, -0.05) is 40.7 Å². The minimum Gasteiger partial charge on any atom is -0.496 e. The third-order valence-electron chi connectivity index (χ3n) is 7.10. The highest BCUT2D eigenvalue weighted by Crippen LogP contribution is 2.48. The van der Waals surface area contributed by atoms with Crippen LogP contribution in [0.2, 0.25) is 0 Å². The smallest absolute Gasteiger partial charge is 0.333 e. The molecule has 37 heavy (non-hydrogen) atoms. The Morgan fingerprint density at radius 1 is 1.24 bits per heavy atom. The van der Waals surface area contributed by atoms with Crippen molar-refractivity contribution in [3.8, 4) is 5.75 Å². The van der Waals surface area contributed by atoms with Gasteiger partial charge in [0.15, 0.2) is 5.54 Å². The van der Waals surface area contributed by atoms with Gasteiger partial charge in [0.2, 0.25) is 0 Å². The summed E-state index contributed by atoms with van der Waals surface area (Å²) in [6.45, 7) is 10.2. The zero-order valence-corrected chi connectivity index (χ0v) is 23.2. The molecule has 3 aromatic rings. The van der Waals surface area contributed by atoms with E-state index in [1.807, 2.05) is 37.2 Å². The summed E-state index contributed by atoms with van der Waals surface area (Å²) in [6, 6.07) is 6.60. The number of rotatable bonds is 7. The lowest BCUT2D eigenvalue weighted by molar-refractivity contribution is -0.151. The Labute approximate surface area is 221 Å². The number of thiazole rings is 1. The Morgan fingerprint density at radius 2 is 1.97 bits per heavy atom. The predicted octanol–water partition coefficient (Wildman–Crippen LogP) is 4.28. The number of ether oxygens (including phenoxy) is 1. The number of aliphatic carboxylic acids is 1. The maximum Gasteiger partial charge on any atom is 0.333 e. The number of benzene rings is 1. The molecule has 2 aromatic heterocycles. The molecule has 1 aliphatic heterocycles. The Hall–Kier alpha value is -3.24. The number of amides is 1. The highest BCUT2D eigenvalue weighted by Gasteiger charge is 2.65. The molecule has 0 radical (unpaired) electrons. The molecular weight excluding hydrogens is 490 g/mol. The number of hydrogen-bond donors (Lipinski definition) is 1. The summed E-state index contributed by atoms with van der Waals surface area (Å²) in [6.07, 6.45) is 4.35. The van der Waals surface area contributed by atoms with Crippen LogP contribution < -0.4 is 4.74 Å². The second-order valence-corrected chi connectivity index (χ2v) is 11.8. The molecule has 1 aromatic carbocycles. The van der Waals surface area contributed by atoms with Crippen molar-refractivity contribution >= 4 is 23.2 Å². The summed E-state index contributed by atoms with van der Waals surface area (Å²) in [5, 5.41) is 17.7. The monoisotopic (exact) mass is 525 g/mol. The summed E-state index contributed by atoms with van der Waals surface area (Å²) in [5.74, 6) is -0.984. The lowest BCUT2D eigenvalue weighted by Gasteiger charge is -2.40. The lowest BCUT2D eigenvalue weighted by Crippen LogP contribution is -2.63. The van der Waals surface area contributed by atoms with E-state index in [9.17, 15) is 14.7 Å². The fourth-order valence-electron chi connectivity index (χ4n) is 5.68. The van der Waals surface area contributed by atoms with Crippen molar-refractivity contribution in [1.29, 1.82) is 0 Å². The van der Waals surface area contributed by atoms with Crippen LogP contribution in [0, 0.1) is 5.92 Å². The number of carboxylic acids is 1.